The second-order valence-corrected chi connectivity index (χ2v) is 10.4. The van der Waals surface area contributed by atoms with Gasteiger partial charge in [-0.2, -0.15) is 0 Å². The Morgan fingerprint density at radius 2 is 1.72 bits per heavy atom. The number of rotatable bonds is 9. The summed E-state index contributed by atoms with van der Waals surface area (Å²) in [6.45, 7) is 2.82. The Morgan fingerprint density at radius 1 is 1.03 bits per heavy atom. The van der Waals surface area contributed by atoms with E-state index in [4.69, 9.17) is 30.2 Å². The van der Waals surface area contributed by atoms with Gasteiger partial charge in [-0.1, -0.05) is 17.7 Å². The van der Waals surface area contributed by atoms with Gasteiger partial charge >= 0.3 is 0 Å². The van der Waals surface area contributed by atoms with Crippen molar-refractivity contribution in [1.29, 1.82) is 0 Å². The molecule has 2 aromatic carbocycles. The third-order valence-corrected chi connectivity index (χ3v) is 7.82. The van der Waals surface area contributed by atoms with Crippen molar-refractivity contribution in [2.45, 2.75) is 16.0 Å². The number of furan rings is 1. The largest absolute Gasteiger partial charge is 0.493 e. The topological polar surface area (TPSA) is 107 Å². The molecule has 0 radical (unpaired) electrons. The smallest absolute Gasteiger partial charge is 0.287 e. The summed E-state index contributed by atoms with van der Waals surface area (Å²) in [4.78, 5) is 15.1. The fourth-order valence-electron chi connectivity index (χ4n) is 4.00. The molecular formula is C25H27ClN2O7S. The number of morpholine rings is 1. The van der Waals surface area contributed by atoms with E-state index >= 15 is 0 Å². The molecular weight excluding hydrogens is 508 g/mol. The van der Waals surface area contributed by atoms with E-state index in [-0.39, 0.29) is 28.3 Å². The monoisotopic (exact) mass is 534 g/mol. The lowest BCUT2D eigenvalue weighted by atomic mass is 10.0. The van der Waals surface area contributed by atoms with Crippen molar-refractivity contribution in [3.05, 3.63) is 70.9 Å². The Bertz CT molecular complexity index is 1300. The molecule has 1 amide bonds. The van der Waals surface area contributed by atoms with E-state index in [1.807, 2.05) is 18.2 Å². The zero-order chi connectivity index (χ0) is 25.7. The highest BCUT2D eigenvalue weighted by molar-refractivity contribution is 7.91. The Kier molecular flexibility index (Phi) is 8.20. The van der Waals surface area contributed by atoms with E-state index in [2.05, 4.69) is 10.2 Å². The van der Waals surface area contributed by atoms with Crippen molar-refractivity contribution < 1.29 is 31.8 Å². The molecule has 3 aromatic rings. The molecule has 4 rings (SSSR count). The minimum Gasteiger partial charge on any atom is -0.493 e. The number of sulfone groups is 1. The number of carbonyl (C=O) groups excluding carboxylic acids is 1. The molecule has 0 spiro atoms. The van der Waals surface area contributed by atoms with Crippen molar-refractivity contribution in [3.63, 3.8) is 0 Å². The molecule has 0 aliphatic carbocycles. The maximum atomic E-state index is 12.9. The molecule has 36 heavy (non-hydrogen) atoms. The molecule has 1 fully saturated rings. The molecule has 1 aliphatic heterocycles. The SMILES string of the molecule is COc1ccc(C(CNC(=O)c2ccc(S(=O)(=O)c3ccc(Cl)cc3)o2)N2CCOCC2)cc1OC. The Labute approximate surface area is 214 Å². The van der Waals surface area contributed by atoms with Crippen LogP contribution in [0.1, 0.15) is 22.2 Å². The molecule has 1 N–H and O–H groups in total. The number of ether oxygens (including phenoxy) is 3. The molecule has 192 valence electrons. The lowest BCUT2D eigenvalue weighted by Gasteiger charge is -2.35. The molecule has 1 unspecified atom stereocenters. The number of methoxy groups -OCH3 is 2. The second-order valence-electron chi connectivity index (χ2n) is 8.06. The summed E-state index contributed by atoms with van der Waals surface area (Å²) >= 11 is 5.85. The second kappa shape index (κ2) is 11.3. The maximum Gasteiger partial charge on any atom is 0.287 e. The van der Waals surface area contributed by atoms with E-state index in [9.17, 15) is 13.2 Å². The van der Waals surface area contributed by atoms with Crippen LogP contribution in [0.2, 0.25) is 5.02 Å². The Morgan fingerprint density at radius 3 is 2.39 bits per heavy atom. The maximum absolute atomic E-state index is 12.9. The average Bonchev–Trinajstić information content (AvgIpc) is 3.41. The van der Waals surface area contributed by atoms with Crippen LogP contribution in [-0.4, -0.2) is 66.3 Å². The third kappa shape index (κ3) is 5.67. The summed E-state index contributed by atoms with van der Waals surface area (Å²) in [7, 11) is -0.787. The first-order valence-electron chi connectivity index (χ1n) is 11.3. The number of nitrogens with zero attached hydrogens (tertiary/aromatic N) is 1. The first-order chi connectivity index (χ1) is 17.3. The van der Waals surface area contributed by atoms with Gasteiger partial charge in [-0.25, -0.2) is 8.42 Å². The van der Waals surface area contributed by atoms with Crippen molar-refractivity contribution >= 4 is 27.3 Å². The Hall–Kier alpha value is -3.05. The normalized spacial score (nSPS) is 15.3. The molecule has 1 saturated heterocycles. The molecule has 0 saturated carbocycles. The molecule has 1 atom stereocenters. The molecule has 1 aromatic heterocycles. The number of hydrogen-bond donors (Lipinski definition) is 1. The van der Waals surface area contributed by atoms with Crippen LogP contribution in [0.15, 0.2) is 69.0 Å². The fourth-order valence-corrected chi connectivity index (χ4v) is 5.30. The summed E-state index contributed by atoms with van der Waals surface area (Å²) < 4.78 is 47.4. The lowest BCUT2D eigenvalue weighted by molar-refractivity contribution is 0.0161. The quantitative estimate of drug-likeness (QED) is 0.444. The van der Waals surface area contributed by atoms with Gasteiger partial charge in [-0.3, -0.25) is 9.69 Å². The summed E-state index contributed by atoms with van der Waals surface area (Å²) in [5.74, 6) is 0.570. The first-order valence-corrected chi connectivity index (χ1v) is 13.1. The van der Waals surface area contributed by atoms with Gasteiger partial charge in [-0.15, -0.1) is 0 Å². The molecule has 9 nitrogen and oxygen atoms in total. The van der Waals surface area contributed by atoms with Crippen molar-refractivity contribution in [3.8, 4) is 11.5 Å². The van der Waals surface area contributed by atoms with Gasteiger partial charge in [-0.05, 0) is 54.1 Å². The highest BCUT2D eigenvalue weighted by Crippen LogP contribution is 2.32. The van der Waals surface area contributed by atoms with Crippen LogP contribution in [0.4, 0.5) is 0 Å². The van der Waals surface area contributed by atoms with Crippen LogP contribution in [0.3, 0.4) is 0 Å². The van der Waals surface area contributed by atoms with Crippen molar-refractivity contribution in [2.75, 3.05) is 47.1 Å². The predicted octanol–water partition coefficient (Wildman–Crippen LogP) is 3.59. The van der Waals surface area contributed by atoms with E-state index in [0.717, 1.165) is 5.56 Å². The zero-order valence-electron chi connectivity index (χ0n) is 19.9. The van der Waals surface area contributed by atoms with Crippen LogP contribution in [0.25, 0.3) is 0 Å². The van der Waals surface area contributed by atoms with Gasteiger partial charge in [0.15, 0.2) is 17.3 Å². The van der Waals surface area contributed by atoms with Crippen LogP contribution in [-0.2, 0) is 14.6 Å². The number of amides is 1. The van der Waals surface area contributed by atoms with Gasteiger partial charge in [0.1, 0.15) is 0 Å². The first kappa shape index (κ1) is 26.0. The average molecular weight is 535 g/mol. The highest BCUT2D eigenvalue weighted by Gasteiger charge is 2.27. The Balaban J connectivity index is 1.52. The minimum absolute atomic E-state index is 0.0223. The lowest BCUT2D eigenvalue weighted by Crippen LogP contribution is -2.43. The predicted molar refractivity (Wildman–Crippen MR) is 133 cm³/mol. The molecule has 0 bridgehead atoms. The number of halogens is 1. The van der Waals surface area contributed by atoms with E-state index < -0.39 is 15.7 Å². The third-order valence-electron chi connectivity index (χ3n) is 5.93. The van der Waals surface area contributed by atoms with Gasteiger partial charge in [0.2, 0.25) is 14.9 Å². The number of hydrogen-bond acceptors (Lipinski definition) is 8. The van der Waals surface area contributed by atoms with Gasteiger partial charge < -0.3 is 23.9 Å². The van der Waals surface area contributed by atoms with Crippen LogP contribution in [0, 0.1) is 0 Å². The van der Waals surface area contributed by atoms with Crippen molar-refractivity contribution in [1.82, 2.24) is 10.2 Å². The van der Waals surface area contributed by atoms with E-state index in [0.29, 0.717) is 42.8 Å². The van der Waals surface area contributed by atoms with Crippen LogP contribution in [0.5, 0.6) is 11.5 Å². The van der Waals surface area contributed by atoms with Gasteiger partial charge in [0.05, 0.1) is 38.4 Å². The minimum atomic E-state index is -3.93. The van der Waals surface area contributed by atoms with E-state index in [1.165, 1.54) is 36.4 Å². The summed E-state index contributed by atoms with van der Waals surface area (Å²) in [5, 5.41) is 2.97. The highest BCUT2D eigenvalue weighted by atomic mass is 35.5. The number of nitrogens with one attached hydrogen (secondary N) is 1. The van der Waals surface area contributed by atoms with Crippen LogP contribution < -0.4 is 14.8 Å². The number of carbonyl (C=O) groups is 1. The fraction of sp³-hybridized carbons (Fsp3) is 0.320. The molecule has 11 heteroatoms. The van der Waals surface area contributed by atoms with Crippen molar-refractivity contribution in [2.24, 2.45) is 0 Å². The standard InChI is InChI=1S/C25H27ClN2O7S/c1-32-21-8-3-17(15-23(21)33-2)20(28-11-13-34-14-12-28)16-27-25(29)22-9-10-24(35-22)36(30,31)19-6-4-18(26)5-7-19/h3-10,15,20H,11-14,16H2,1-2H3,(H,27,29). The van der Waals surface area contributed by atoms with Gasteiger partial charge in [0, 0.05) is 24.7 Å². The van der Waals surface area contributed by atoms with E-state index in [1.54, 1.807) is 14.2 Å². The summed E-state index contributed by atoms with van der Waals surface area (Å²) in [5.41, 5.74) is 0.931. The van der Waals surface area contributed by atoms with Crippen LogP contribution >= 0.6 is 11.6 Å². The molecule has 1 aliphatic rings. The number of benzene rings is 2. The van der Waals surface area contributed by atoms with Gasteiger partial charge in [0.25, 0.3) is 5.91 Å². The zero-order valence-corrected chi connectivity index (χ0v) is 21.5. The summed E-state index contributed by atoms with van der Waals surface area (Å²) in [6, 6.07) is 13.8. The summed E-state index contributed by atoms with van der Waals surface area (Å²) in [6.07, 6.45) is 0. The molecule has 2 heterocycles.